The predicted molar refractivity (Wildman–Crippen MR) is 85.1 cm³/mol. The van der Waals surface area contributed by atoms with E-state index in [0.29, 0.717) is 18.8 Å². The molecule has 6 nitrogen and oxygen atoms in total. The van der Waals surface area contributed by atoms with Crippen LogP contribution in [0, 0.1) is 0 Å². The van der Waals surface area contributed by atoms with Gasteiger partial charge in [-0.1, -0.05) is 12.1 Å². The number of nitrogens with zero attached hydrogens (tertiary/aromatic N) is 3. The smallest absolute Gasteiger partial charge is 0.359 e. The molecule has 1 N–H and O–H groups in total. The largest absolute Gasteiger partial charge is 0.508 e. The van der Waals surface area contributed by atoms with Gasteiger partial charge in [-0.25, -0.2) is 4.79 Å². The molecular weight excluding hydrogens is 294 g/mol. The van der Waals surface area contributed by atoms with Crippen LogP contribution >= 0.6 is 0 Å². The topological polar surface area (TPSA) is 67.6 Å². The molecule has 3 rings (SSSR count). The Morgan fingerprint density at radius 3 is 3.00 bits per heavy atom. The molecule has 0 radical (unpaired) electrons. The summed E-state index contributed by atoms with van der Waals surface area (Å²) in [5, 5.41) is 13.9. The summed E-state index contributed by atoms with van der Waals surface area (Å²) >= 11 is 0. The van der Waals surface area contributed by atoms with Gasteiger partial charge in [0.1, 0.15) is 5.75 Å². The fraction of sp³-hybridized carbons (Fsp3) is 0.412. The normalized spacial score (nSPS) is 14.5. The number of carbonyl (C=O) groups excluding carboxylic acids is 1. The third-order valence-corrected chi connectivity index (χ3v) is 4.11. The van der Waals surface area contributed by atoms with Crippen LogP contribution in [0.3, 0.4) is 0 Å². The van der Waals surface area contributed by atoms with Gasteiger partial charge in [-0.05, 0) is 24.6 Å². The molecule has 0 aliphatic carbocycles. The first-order valence-corrected chi connectivity index (χ1v) is 7.80. The van der Waals surface area contributed by atoms with E-state index in [1.54, 1.807) is 23.7 Å². The summed E-state index contributed by atoms with van der Waals surface area (Å²) in [6.45, 7) is 4.42. The molecular formula is C17H21N3O3. The molecule has 0 spiro atoms. The zero-order chi connectivity index (χ0) is 16.4. The molecule has 2 aromatic rings. The van der Waals surface area contributed by atoms with Crippen molar-refractivity contribution in [1.82, 2.24) is 14.7 Å². The van der Waals surface area contributed by atoms with Crippen molar-refractivity contribution in [2.45, 2.75) is 26.4 Å². The highest BCUT2D eigenvalue weighted by molar-refractivity contribution is 5.89. The van der Waals surface area contributed by atoms with Crippen molar-refractivity contribution < 1.29 is 14.6 Å². The van der Waals surface area contributed by atoms with E-state index >= 15 is 0 Å². The van der Waals surface area contributed by atoms with Crippen LogP contribution in [0.1, 0.15) is 34.2 Å². The third kappa shape index (κ3) is 3.22. The number of aromatic hydroxyl groups is 1. The highest BCUT2D eigenvalue weighted by Crippen LogP contribution is 2.24. The van der Waals surface area contributed by atoms with Gasteiger partial charge in [0.25, 0.3) is 0 Å². The monoisotopic (exact) mass is 315 g/mol. The van der Waals surface area contributed by atoms with E-state index in [1.165, 1.54) is 0 Å². The number of esters is 1. The van der Waals surface area contributed by atoms with Crippen LogP contribution in [-0.2, 0) is 31.3 Å². The van der Waals surface area contributed by atoms with Gasteiger partial charge in [-0.2, -0.15) is 5.10 Å². The summed E-state index contributed by atoms with van der Waals surface area (Å²) in [4.78, 5) is 14.3. The zero-order valence-electron chi connectivity index (χ0n) is 13.5. The van der Waals surface area contributed by atoms with Crippen molar-refractivity contribution in [2.75, 3.05) is 13.2 Å². The fourth-order valence-corrected chi connectivity index (χ4v) is 3.06. The van der Waals surface area contributed by atoms with Gasteiger partial charge in [0, 0.05) is 44.4 Å². The van der Waals surface area contributed by atoms with Gasteiger partial charge in [-0.15, -0.1) is 0 Å². The molecule has 1 aliphatic rings. The summed E-state index contributed by atoms with van der Waals surface area (Å²) in [7, 11) is 1.87. The van der Waals surface area contributed by atoms with E-state index < -0.39 is 0 Å². The van der Waals surface area contributed by atoms with Gasteiger partial charge in [-0.3, -0.25) is 9.58 Å². The van der Waals surface area contributed by atoms with Crippen LogP contribution in [0.15, 0.2) is 24.3 Å². The minimum Gasteiger partial charge on any atom is -0.508 e. The Balaban J connectivity index is 1.80. The average molecular weight is 315 g/mol. The number of phenols is 1. The molecule has 0 saturated heterocycles. The van der Waals surface area contributed by atoms with Gasteiger partial charge in [0.05, 0.1) is 6.61 Å². The standard InChI is InChI=1S/C17H21N3O3/c1-3-23-17(22)16-14-11-20(8-7-15(14)19(2)18-16)10-12-5-4-6-13(21)9-12/h4-6,9,21H,3,7-8,10-11H2,1-2H3. The molecule has 0 amide bonds. The Labute approximate surface area is 135 Å². The van der Waals surface area contributed by atoms with Crippen molar-refractivity contribution in [3.63, 3.8) is 0 Å². The van der Waals surface area contributed by atoms with Crippen LogP contribution < -0.4 is 0 Å². The molecule has 23 heavy (non-hydrogen) atoms. The number of phenolic OH excluding ortho intramolecular Hbond substituents is 1. The maximum Gasteiger partial charge on any atom is 0.359 e. The molecule has 2 heterocycles. The van der Waals surface area contributed by atoms with E-state index in [0.717, 1.165) is 36.3 Å². The number of aromatic nitrogens is 2. The van der Waals surface area contributed by atoms with Gasteiger partial charge in [0.15, 0.2) is 5.69 Å². The Kier molecular flexibility index (Phi) is 4.34. The maximum atomic E-state index is 12.1. The van der Waals surface area contributed by atoms with Crippen LogP contribution in [0.5, 0.6) is 5.75 Å². The summed E-state index contributed by atoms with van der Waals surface area (Å²) in [5.41, 5.74) is 3.53. The summed E-state index contributed by atoms with van der Waals surface area (Å²) in [6, 6.07) is 7.27. The van der Waals surface area contributed by atoms with E-state index in [9.17, 15) is 9.90 Å². The molecule has 1 aromatic carbocycles. The van der Waals surface area contributed by atoms with Crippen LogP contribution in [0.2, 0.25) is 0 Å². The predicted octanol–water partition coefficient (Wildman–Crippen LogP) is 1.86. The van der Waals surface area contributed by atoms with Crippen molar-refractivity contribution in [3.05, 3.63) is 46.8 Å². The van der Waals surface area contributed by atoms with E-state index in [1.807, 2.05) is 19.2 Å². The lowest BCUT2D eigenvalue weighted by Gasteiger charge is -2.27. The van der Waals surface area contributed by atoms with Gasteiger partial charge >= 0.3 is 5.97 Å². The van der Waals surface area contributed by atoms with Crippen molar-refractivity contribution in [1.29, 1.82) is 0 Å². The summed E-state index contributed by atoms with van der Waals surface area (Å²) in [6.07, 6.45) is 0.844. The molecule has 6 heteroatoms. The molecule has 122 valence electrons. The lowest BCUT2D eigenvalue weighted by Crippen LogP contribution is -2.31. The molecule has 0 atom stereocenters. The lowest BCUT2D eigenvalue weighted by atomic mass is 10.0. The minimum atomic E-state index is -0.358. The van der Waals surface area contributed by atoms with Crippen molar-refractivity contribution in [3.8, 4) is 5.75 Å². The number of ether oxygens (including phenoxy) is 1. The van der Waals surface area contributed by atoms with E-state index in [-0.39, 0.29) is 11.7 Å². The number of carbonyl (C=O) groups is 1. The molecule has 1 aromatic heterocycles. The lowest BCUT2D eigenvalue weighted by molar-refractivity contribution is 0.0516. The Morgan fingerprint density at radius 1 is 1.43 bits per heavy atom. The van der Waals surface area contributed by atoms with Crippen LogP contribution in [0.4, 0.5) is 0 Å². The second-order valence-corrected chi connectivity index (χ2v) is 5.75. The quantitative estimate of drug-likeness (QED) is 0.872. The number of aryl methyl sites for hydroxylation is 1. The first-order chi connectivity index (χ1) is 11.1. The average Bonchev–Trinajstić information content (AvgIpc) is 2.84. The summed E-state index contributed by atoms with van der Waals surface area (Å²) in [5.74, 6) is -0.0858. The van der Waals surface area contributed by atoms with Gasteiger partial charge < -0.3 is 9.84 Å². The second kappa shape index (κ2) is 6.42. The first kappa shape index (κ1) is 15.6. The fourth-order valence-electron chi connectivity index (χ4n) is 3.06. The molecule has 1 aliphatic heterocycles. The van der Waals surface area contributed by atoms with Crippen LogP contribution in [-0.4, -0.2) is 38.9 Å². The SMILES string of the molecule is CCOC(=O)c1nn(C)c2c1CN(Cc1cccc(O)c1)CC2. The third-order valence-electron chi connectivity index (χ3n) is 4.11. The maximum absolute atomic E-state index is 12.1. The molecule has 0 saturated carbocycles. The molecule has 0 unspecified atom stereocenters. The number of fused-ring (bicyclic) bond motifs is 1. The highest BCUT2D eigenvalue weighted by atomic mass is 16.5. The first-order valence-electron chi connectivity index (χ1n) is 7.80. The molecule has 0 bridgehead atoms. The van der Waals surface area contributed by atoms with Crippen molar-refractivity contribution >= 4 is 5.97 Å². The number of rotatable bonds is 4. The van der Waals surface area contributed by atoms with Crippen LogP contribution in [0.25, 0.3) is 0 Å². The second-order valence-electron chi connectivity index (χ2n) is 5.75. The van der Waals surface area contributed by atoms with Crippen molar-refractivity contribution in [2.24, 2.45) is 7.05 Å². The minimum absolute atomic E-state index is 0.272. The number of hydrogen-bond acceptors (Lipinski definition) is 5. The number of hydrogen-bond donors (Lipinski definition) is 1. The summed E-state index contributed by atoms with van der Waals surface area (Å²) < 4.78 is 6.90. The highest BCUT2D eigenvalue weighted by Gasteiger charge is 2.27. The van der Waals surface area contributed by atoms with Gasteiger partial charge in [0.2, 0.25) is 0 Å². The zero-order valence-corrected chi connectivity index (χ0v) is 13.5. The van der Waals surface area contributed by atoms with E-state index in [4.69, 9.17) is 4.74 Å². The van der Waals surface area contributed by atoms with E-state index in [2.05, 4.69) is 10.00 Å². The molecule has 0 fully saturated rings. The Bertz CT molecular complexity index is 724. The Morgan fingerprint density at radius 2 is 2.26 bits per heavy atom. The number of benzene rings is 1. The Hall–Kier alpha value is -2.34.